The van der Waals surface area contributed by atoms with Gasteiger partial charge in [-0.05, 0) is 31.1 Å². The number of likely N-dealkylation sites (N-methyl/N-ethyl adjacent to an activating group) is 1. The number of benzene rings is 1. The van der Waals surface area contributed by atoms with E-state index in [4.69, 9.17) is 10.5 Å². The Morgan fingerprint density at radius 3 is 2.78 bits per heavy atom. The minimum Gasteiger partial charge on any atom is -0.380 e. The number of methoxy groups -OCH3 is 1. The number of rotatable bonds is 8. The average Bonchev–Trinajstić information content (AvgIpc) is 2.38. The highest BCUT2D eigenvalue weighted by atomic mass is 16.5. The van der Waals surface area contributed by atoms with E-state index in [1.54, 1.807) is 7.11 Å². The van der Waals surface area contributed by atoms with Crippen molar-refractivity contribution < 1.29 is 4.74 Å². The van der Waals surface area contributed by atoms with Crippen LogP contribution in [-0.4, -0.2) is 32.1 Å². The summed E-state index contributed by atoms with van der Waals surface area (Å²) in [6, 6.07) is 8.82. The fourth-order valence-corrected chi connectivity index (χ4v) is 2.19. The van der Waals surface area contributed by atoms with Crippen LogP contribution in [-0.2, 0) is 11.3 Å². The summed E-state index contributed by atoms with van der Waals surface area (Å²) in [5.74, 6) is 0. The maximum atomic E-state index is 5.93. The van der Waals surface area contributed by atoms with Gasteiger partial charge in [0.2, 0.25) is 0 Å². The van der Waals surface area contributed by atoms with Crippen LogP contribution in [0, 0.1) is 0 Å². The Morgan fingerprint density at radius 1 is 1.39 bits per heavy atom. The molecule has 0 heterocycles. The lowest BCUT2D eigenvalue weighted by Gasteiger charge is -2.27. The van der Waals surface area contributed by atoms with Crippen LogP contribution in [0.25, 0.3) is 0 Å². The molecule has 3 nitrogen and oxygen atoms in total. The van der Waals surface area contributed by atoms with Gasteiger partial charge in [0.15, 0.2) is 0 Å². The molecule has 0 bridgehead atoms. The van der Waals surface area contributed by atoms with Crippen molar-refractivity contribution in [2.24, 2.45) is 5.73 Å². The third-order valence-corrected chi connectivity index (χ3v) is 3.27. The van der Waals surface area contributed by atoms with Gasteiger partial charge in [-0.2, -0.15) is 0 Å². The van der Waals surface area contributed by atoms with Crippen LogP contribution in [0.15, 0.2) is 24.3 Å². The predicted molar refractivity (Wildman–Crippen MR) is 76.5 cm³/mol. The maximum Gasteiger partial charge on any atom is 0.0713 e. The number of unbranched alkanes of at least 4 members (excludes halogenated alkanes) is 1. The lowest BCUT2D eigenvalue weighted by Crippen LogP contribution is -2.31. The summed E-state index contributed by atoms with van der Waals surface area (Å²) in [5.41, 5.74) is 8.42. The Labute approximate surface area is 111 Å². The second-order valence-electron chi connectivity index (χ2n) is 4.76. The third kappa shape index (κ3) is 4.41. The fourth-order valence-electron chi connectivity index (χ4n) is 2.19. The molecule has 1 aromatic carbocycles. The van der Waals surface area contributed by atoms with E-state index in [2.05, 4.69) is 43.1 Å². The molecule has 0 radical (unpaired) electrons. The maximum absolute atomic E-state index is 5.93. The molecule has 0 spiro atoms. The molecule has 1 unspecified atom stereocenters. The van der Waals surface area contributed by atoms with Crippen molar-refractivity contribution in [3.05, 3.63) is 35.4 Å². The smallest absolute Gasteiger partial charge is 0.0713 e. The highest BCUT2D eigenvalue weighted by Crippen LogP contribution is 2.20. The molecular formula is C15H26N2O. The van der Waals surface area contributed by atoms with Crippen LogP contribution in [0.2, 0.25) is 0 Å². The van der Waals surface area contributed by atoms with Gasteiger partial charge in [-0.25, -0.2) is 0 Å². The van der Waals surface area contributed by atoms with Crippen molar-refractivity contribution in [2.75, 3.05) is 27.2 Å². The molecule has 0 aliphatic carbocycles. The van der Waals surface area contributed by atoms with Gasteiger partial charge in [0.05, 0.1) is 6.61 Å². The van der Waals surface area contributed by atoms with Crippen LogP contribution in [0.3, 0.4) is 0 Å². The van der Waals surface area contributed by atoms with Gasteiger partial charge in [0.1, 0.15) is 0 Å². The predicted octanol–water partition coefficient (Wildman–Crippen LogP) is 2.56. The zero-order valence-corrected chi connectivity index (χ0v) is 11.9. The zero-order chi connectivity index (χ0) is 13.4. The van der Waals surface area contributed by atoms with Crippen molar-refractivity contribution in [1.82, 2.24) is 4.90 Å². The number of nitrogens with zero attached hydrogens (tertiary/aromatic N) is 1. The summed E-state index contributed by atoms with van der Waals surface area (Å²) in [4.78, 5) is 2.34. The van der Waals surface area contributed by atoms with Crippen LogP contribution < -0.4 is 5.73 Å². The average molecular weight is 250 g/mol. The molecule has 1 atom stereocenters. The van der Waals surface area contributed by atoms with E-state index in [1.807, 2.05) is 0 Å². The number of hydrogen-bond donors (Lipinski definition) is 1. The first-order valence-electron chi connectivity index (χ1n) is 6.71. The highest BCUT2D eigenvalue weighted by Gasteiger charge is 2.15. The Balaban J connectivity index is 2.77. The largest absolute Gasteiger partial charge is 0.380 e. The Hall–Kier alpha value is -0.900. The molecule has 0 amide bonds. The van der Waals surface area contributed by atoms with E-state index >= 15 is 0 Å². The van der Waals surface area contributed by atoms with Crippen LogP contribution in [0.5, 0.6) is 0 Å². The minimum atomic E-state index is 0.299. The lowest BCUT2D eigenvalue weighted by atomic mass is 10.0. The van der Waals surface area contributed by atoms with Gasteiger partial charge in [0.25, 0.3) is 0 Å². The number of hydrogen-bond acceptors (Lipinski definition) is 3. The molecule has 0 aliphatic rings. The van der Waals surface area contributed by atoms with E-state index in [9.17, 15) is 0 Å². The molecule has 0 aromatic heterocycles. The van der Waals surface area contributed by atoms with Gasteiger partial charge >= 0.3 is 0 Å². The summed E-state index contributed by atoms with van der Waals surface area (Å²) in [6.07, 6.45) is 2.43. The highest BCUT2D eigenvalue weighted by molar-refractivity contribution is 5.26. The van der Waals surface area contributed by atoms with Crippen molar-refractivity contribution in [1.29, 1.82) is 0 Å². The molecule has 0 aliphatic heterocycles. The van der Waals surface area contributed by atoms with Crippen LogP contribution in [0.1, 0.15) is 36.9 Å². The van der Waals surface area contributed by atoms with Crippen LogP contribution in [0.4, 0.5) is 0 Å². The topological polar surface area (TPSA) is 38.5 Å². The quantitative estimate of drug-likeness (QED) is 0.770. The lowest BCUT2D eigenvalue weighted by molar-refractivity contribution is 0.184. The molecular weight excluding hydrogens is 224 g/mol. The second kappa shape index (κ2) is 8.25. The monoisotopic (exact) mass is 250 g/mol. The third-order valence-electron chi connectivity index (χ3n) is 3.27. The molecule has 18 heavy (non-hydrogen) atoms. The Morgan fingerprint density at radius 2 is 2.17 bits per heavy atom. The zero-order valence-electron chi connectivity index (χ0n) is 11.9. The summed E-state index contributed by atoms with van der Waals surface area (Å²) in [6.45, 7) is 4.61. The normalized spacial score (nSPS) is 12.9. The minimum absolute atomic E-state index is 0.299. The summed E-state index contributed by atoms with van der Waals surface area (Å²) in [5, 5.41) is 0. The van der Waals surface area contributed by atoms with Gasteiger partial charge in [-0.15, -0.1) is 0 Å². The first-order valence-corrected chi connectivity index (χ1v) is 6.71. The summed E-state index contributed by atoms with van der Waals surface area (Å²) >= 11 is 0. The van der Waals surface area contributed by atoms with Crippen molar-refractivity contribution in [3.63, 3.8) is 0 Å². The standard InChI is InChI=1S/C15H26N2O/c1-4-5-9-17(2)15(11-16)14-8-6-7-13(10-14)12-18-3/h6-8,10,15H,4-5,9,11-12,16H2,1-3H3. The summed E-state index contributed by atoms with van der Waals surface area (Å²) in [7, 11) is 3.87. The van der Waals surface area contributed by atoms with Gasteiger partial charge < -0.3 is 10.5 Å². The Bertz CT molecular complexity index is 341. The first kappa shape index (κ1) is 15.2. The van der Waals surface area contributed by atoms with Crippen LogP contribution >= 0.6 is 0 Å². The molecule has 1 aromatic rings. The van der Waals surface area contributed by atoms with E-state index in [0.29, 0.717) is 19.2 Å². The van der Waals surface area contributed by atoms with Crippen molar-refractivity contribution >= 4 is 0 Å². The molecule has 0 saturated heterocycles. The molecule has 1 rings (SSSR count). The van der Waals surface area contributed by atoms with Gasteiger partial charge in [-0.1, -0.05) is 37.6 Å². The second-order valence-corrected chi connectivity index (χ2v) is 4.76. The molecule has 3 heteroatoms. The van der Waals surface area contributed by atoms with E-state index in [1.165, 1.54) is 24.0 Å². The molecule has 0 fully saturated rings. The fraction of sp³-hybridized carbons (Fsp3) is 0.600. The van der Waals surface area contributed by atoms with E-state index < -0.39 is 0 Å². The van der Waals surface area contributed by atoms with Gasteiger partial charge in [-0.3, -0.25) is 4.90 Å². The first-order chi connectivity index (χ1) is 8.72. The van der Waals surface area contributed by atoms with Crippen molar-refractivity contribution in [3.8, 4) is 0 Å². The Kier molecular flexibility index (Phi) is 6.94. The molecule has 102 valence electrons. The van der Waals surface area contributed by atoms with E-state index in [-0.39, 0.29) is 0 Å². The number of nitrogens with two attached hydrogens (primary N) is 1. The molecule has 2 N–H and O–H groups in total. The molecule has 0 saturated carbocycles. The number of ether oxygens (including phenoxy) is 1. The summed E-state index contributed by atoms with van der Waals surface area (Å²) < 4.78 is 5.18. The van der Waals surface area contributed by atoms with Crippen molar-refractivity contribution in [2.45, 2.75) is 32.4 Å². The SMILES string of the molecule is CCCCN(C)C(CN)c1cccc(COC)c1. The van der Waals surface area contributed by atoms with Gasteiger partial charge in [0, 0.05) is 19.7 Å². The van der Waals surface area contributed by atoms with E-state index in [0.717, 1.165) is 6.54 Å².